The minimum atomic E-state index is -0.352. The molecule has 3 heterocycles. The lowest BCUT2D eigenvalue weighted by Gasteiger charge is -2.40. The number of benzene rings is 4. The van der Waals surface area contributed by atoms with E-state index in [1.54, 1.807) is 21.3 Å². The molecule has 7 rings (SSSR count). The van der Waals surface area contributed by atoms with E-state index in [9.17, 15) is 0 Å². The second kappa shape index (κ2) is 10.9. The summed E-state index contributed by atoms with van der Waals surface area (Å²) in [6.45, 7) is 4.10. The number of amidine groups is 2. The number of hydrogen-bond donors (Lipinski definition) is 1. The highest BCUT2D eigenvalue weighted by molar-refractivity contribution is 6.51. The van der Waals surface area contributed by atoms with Gasteiger partial charge in [0.05, 0.1) is 50.1 Å². The summed E-state index contributed by atoms with van der Waals surface area (Å²) in [7, 11) is 4.87. The Bertz CT molecular complexity index is 1920. The zero-order chi connectivity index (χ0) is 30.4. The highest BCUT2D eigenvalue weighted by Gasteiger charge is 2.42. The molecule has 0 fully saturated rings. The Morgan fingerprint density at radius 3 is 2.18 bits per heavy atom. The van der Waals surface area contributed by atoms with E-state index in [0.29, 0.717) is 28.9 Å². The maximum Gasteiger partial charge on any atom is 0.203 e. The van der Waals surface area contributed by atoms with E-state index in [0.717, 1.165) is 51.0 Å². The second-order valence-corrected chi connectivity index (χ2v) is 10.7. The van der Waals surface area contributed by atoms with Gasteiger partial charge in [0.2, 0.25) is 5.75 Å². The lowest BCUT2D eigenvalue weighted by Crippen LogP contribution is -2.46. The number of methoxy groups -OCH3 is 3. The molecule has 0 amide bonds. The van der Waals surface area contributed by atoms with Crippen molar-refractivity contribution in [2.24, 2.45) is 9.98 Å². The summed E-state index contributed by atoms with van der Waals surface area (Å²) in [6.07, 6.45) is 0. The van der Waals surface area contributed by atoms with Crippen molar-refractivity contribution in [2.75, 3.05) is 31.5 Å². The van der Waals surface area contributed by atoms with Crippen LogP contribution in [0.5, 0.6) is 17.2 Å². The van der Waals surface area contributed by atoms with Crippen molar-refractivity contribution in [1.29, 1.82) is 0 Å². The van der Waals surface area contributed by atoms with Crippen molar-refractivity contribution < 1.29 is 14.2 Å². The molecule has 1 N–H and O–H groups in total. The van der Waals surface area contributed by atoms with Crippen LogP contribution in [0.4, 0.5) is 22.9 Å². The molecule has 0 spiro atoms. The molecule has 2 aliphatic rings. The maximum absolute atomic E-state index is 5.81. The third-order valence-electron chi connectivity index (χ3n) is 7.92. The van der Waals surface area contributed by atoms with Crippen LogP contribution in [0, 0.1) is 13.8 Å². The minimum Gasteiger partial charge on any atom is -0.493 e. The predicted molar refractivity (Wildman–Crippen MR) is 174 cm³/mol. The first-order chi connectivity index (χ1) is 21.5. The monoisotopic (exact) mass is 584 g/mol. The Balaban J connectivity index is 1.52. The molecule has 2 aliphatic heterocycles. The summed E-state index contributed by atoms with van der Waals surface area (Å²) in [5, 5.41) is 8.60. The van der Waals surface area contributed by atoms with E-state index < -0.39 is 0 Å². The van der Waals surface area contributed by atoms with E-state index >= 15 is 0 Å². The molecule has 0 saturated carbocycles. The molecule has 0 radical (unpaired) electrons. The topological polar surface area (TPSA) is 85.5 Å². The van der Waals surface area contributed by atoms with Crippen LogP contribution in [0.2, 0.25) is 0 Å². The Kier molecular flexibility index (Phi) is 6.77. The van der Waals surface area contributed by atoms with Crippen LogP contribution in [0.1, 0.15) is 28.4 Å². The zero-order valence-electron chi connectivity index (χ0n) is 25.2. The predicted octanol–water partition coefficient (Wildman–Crippen LogP) is 7.31. The molecule has 0 unspecified atom stereocenters. The quantitative estimate of drug-likeness (QED) is 0.225. The van der Waals surface area contributed by atoms with Gasteiger partial charge in [-0.25, -0.2) is 14.7 Å². The Labute approximate surface area is 256 Å². The summed E-state index contributed by atoms with van der Waals surface area (Å²) in [5.74, 6) is 3.71. The largest absolute Gasteiger partial charge is 0.493 e. The number of para-hydroxylation sites is 3. The summed E-state index contributed by atoms with van der Waals surface area (Å²) >= 11 is 0. The van der Waals surface area contributed by atoms with Gasteiger partial charge in [-0.1, -0.05) is 42.5 Å². The highest BCUT2D eigenvalue weighted by Crippen LogP contribution is 2.50. The van der Waals surface area contributed by atoms with Crippen LogP contribution in [0.3, 0.4) is 0 Å². The minimum absolute atomic E-state index is 0.352. The molecule has 0 aliphatic carbocycles. The first-order valence-corrected chi connectivity index (χ1v) is 14.3. The van der Waals surface area contributed by atoms with Crippen LogP contribution < -0.4 is 24.4 Å². The van der Waals surface area contributed by atoms with Gasteiger partial charge in [-0.2, -0.15) is 5.10 Å². The Morgan fingerprint density at radius 1 is 0.750 bits per heavy atom. The Morgan fingerprint density at radius 2 is 1.48 bits per heavy atom. The normalized spacial score (nSPS) is 14.9. The highest BCUT2D eigenvalue weighted by atomic mass is 16.5. The zero-order valence-corrected chi connectivity index (χ0v) is 25.2. The smallest absolute Gasteiger partial charge is 0.203 e. The molecule has 220 valence electrons. The van der Waals surface area contributed by atoms with E-state index in [-0.39, 0.29) is 6.04 Å². The van der Waals surface area contributed by atoms with E-state index in [1.165, 1.54) is 0 Å². The molecule has 5 aromatic rings. The van der Waals surface area contributed by atoms with Crippen molar-refractivity contribution in [2.45, 2.75) is 19.9 Å². The van der Waals surface area contributed by atoms with Gasteiger partial charge in [0.25, 0.3) is 0 Å². The van der Waals surface area contributed by atoms with Gasteiger partial charge in [0.1, 0.15) is 0 Å². The van der Waals surface area contributed by atoms with Gasteiger partial charge in [-0.05, 0) is 73.5 Å². The number of aliphatic imine (C=N–C) groups is 2. The molecule has 9 nitrogen and oxygen atoms in total. The summed E-state index contributed by atoms with van der Waals surface area (Å²) in [5.41, 5.74) is 7.50. The first kappa shape index (κ1) is 27.3. The number of rotatable bonds is 6. The SMILES string of the molecule is COc1cc([C@H]2c3c(C)nn(-c4ccccc4)c3N=C3C(Nc4cccc(C)c4)=Nc4ccccc4N32)cc(OC)c1OC. The summed E-state index contributed by atoms with van der Waals surface area (Å²) < 4.78 is 19.2. The maximum atomic E-state index is 5.81. The lowest BCUT2D eigenvalue weighted by atomic mass is 9.92. The Hall–Kier alpha value is -5.57. The van der Waals surface area contributed by atoms with Crippen molar-refractivity contribution in [3.63, 3.8) is 0 Å². The molecule has 9 heteroatoms. The number of nitrogens with one attached hydrogen (secondary N) is 1. The van der Waals surface area contributed by atoms with Gasteiger partial charge in [-0.15, -0.1) is 0 Å². The van der Waals surface area contributed by atoms with Crippen LogP contribution in [0.15, 0.2) is 101 Å². The number of fused-ring (bicyclic) bond motifs is 4. The van der Waals surface area contributed by atoms with Gasteiger partial charge in [-0.3, -0.25) is 0 Å². The molecule has 4 aromatic carbocycles. The lowest BCUT2D eigenvalue weighted by molar-refractivity contribution is 0.323. The van der Waals surface area contributed by atoms with Crippen molar-refractivity contribution in [3.05, 3.63) is 113 Å². The fourth-order valence-electron chi connectivity index (χ4n) is 5.98. The molecular formula is C35H32N6O3. The first-order valence-electron chi connectivity index (χ1n) is 14.3. The fraction of sp³-hybridized carbons (Fsp3) is 0.171. The summed E-state index contributed by atoms with van der Waals surface area (Å²) in [6, 6.07) is 30.0. The number of aromatic nitrogens is 2. The molecule has 44 heavy (non-hydrogen) atoms. The van der Waals surface area contributed by atoms with Gasteiger partial charge >= 0.3 is 0 Å². The van der Waals surface area contributed by atoms with Gasteiger partial charge in [0.15, 0.2) is 29.0 Å². The second-order valence-electron chi connectivity index (χ2n) is 10.7. The van der Waals surface area contributed by atoms with Gasteiger partial charge in [0, 0.05) is 11.3 Å². The summed E-state index contributed by atoms with van der Waals surface area (Å²) in [4.78, 5) is 12.6. The average molecular weight is 585 g/mol. The fourth-order valence-corrected chi connectivity index (χ4v) is 5.98. The molecule has 0 bridgehead atoms. The van der Waals surface area contributed by atoms with Crippen LogP contribution in [0.25, 0.3) is 5.69 Å². The number of anilines is 2. The van der Waals surface area contributed by atoms with Gasteiger partial charge < -0.3 is 24.4 Å². The molecule has 0 saturated heterocycles. The van der Waals surface area contributed by atoms with Crippen LogP contribution in [-0.2, 0) is 0 Å². The average Bonchev–Trinajstić information content (AvgIpc) is 3.39. The van der Waals surface area contributed by atoms with Crippen LogP contribution in [-0.4, -0.2) is 42.8 Å². The number of aryl methyl sites for hydroxylation is 2. The third-order valence-corrected chi connectivity index (χ3v) is 7.92. The van der Waals surface area contributed by atoms with E-state index in [4.69, 9.17) is 29.3 Å². The molecular weight excluding hydrogens is 552 g/mol. The van der Waals surface area contributed by atoms with Crippen molar-refractivity contribution in [1.82, 2.24) is 9.78 Å². The van der Waals surface area contributed by atoms with E-state index in [2.05, 4.69) is 35.3 Å². The van der Waals surface area contributed by atoms with E-state index in [1.807, 2.05) is 84.4 Å². The van der Waals surface area contributed by atoms with Crippen molar-refractivity contribution >= 4 is 34.6 Å². The number of hydrogen-bond acceptors (Lipinski definition) is 8. The number of nitrogens with zero attached hydrogens (tertiary/aromatic N) is 5. The van der Waals surface area contributed by atoms with Crippen LogP contribution >= 0.6 is 0 Å². The standard InChI is InChI=1S/C35H32N6O3/c1-21-12-11-13-24(18-21)36-33-35-38-34-30(22(2)39-41(34)25-14-7-6-8-15-25)31(40(35)27-17-10-9-16-26(27)37-33)23-19-28(42-3)32(44-5)29(20-23)43-4/h6-20,31H,1-5H3,(H,36,37)/t31-/m0/s1. The van der Waals surface area contributed by atoms with Crippen molar-refractivity contribution in [3.8, 4) is 22.9 Å². The number of ether oxygens (including phenoxy) is 3. The molecule has 1 atom stereocenters. The molecule has 1 aromatic heterocycles. The third kappa shape index (κ3) is 4.44.